The number of aromatic nitrogens is 2. The van der Waals surface area contributed by atoms with Crippen molar-refractivity contribution < 1.29 is 8.42 Å². The summed E-state index contributed by atoms with van der Waals surface area (Å²) in [4.78, 5) is 0.224. The highest BCUT2D eigenvalue weighted by molar-refractivity contribution is 7.88. The van der Waals surface area contributed by atoms with E-state index in [1.165, 1.54) is 0 Å². The molecule has 0 saturated heterocycles. The van der Waals surface area contributed by atoms with Crippen molar-refractivity contribution in [2.24, 2.45) is 5.73 Å². The number of hydrogen-bond acceptors (Lipinski definition) is 6. The second-order valence-corrected chi connectivity index (χ2v) is 7.80. The van der Waals surface area contributed by atoms with Gasteiger partial charge in [-0.25, -0.2) is 13.1 Å². The van der Waals surface area contributed by atoms with Gasteiger partial charge in [0.15, 0.2) is 5.82 Å². The van der Waals surface area contributed by atoms with E-state index in [9.17, 15) is 8.42 Å². The van der Waals surface area contributed by atoms with Crippen LogP contribution in [0.4, 0.5) is 5.82 Å². The number of anilines is 1. The summed E-state index contributed by atoms with van der Waals surface area (Å²) in [6.45, 7) is 7.52. The van der Waals surface area contributed by atoms with Gasteiger partial charge < -0.3 is 11.1 Å². The third kappa shape index (κ3) is 5.18. The van der Waals surface area contributed by atoms with Crippen LogP contribution in [0.3, 0.4) is 0 Å². The minimum absolute atomic E-state index is 0.224. The van der Waals surface area contributed by atoms with Gasteiger partial charge in [-0.3, -0.25) is 0 Å². The summed E-state index contributed by atoms with van der Waals surface area (Å²) >= 11 is 5.05. The molecule has 118 valence electrons. The van der Waals surface area contributed by atoms with E-state index in [-0.39, 0.29) is 4.99 Å². The van der Waals surface area contributed by atoms with Crippen LogP contribution in [0.25, 0.3) is 0 Å². The Bertz CT molecular complexity index is 656. The van der Waals surface area contributed by atoms with Gasteiger partial charge in [0, 0.05) is 12.1 Å². The molecule has 1 rings (SSSR count). The van der Waals surface area contributed by atoms with E-state index in [1.54, 1.807) is 13.8 Å². The zero-order chi connectivity index (χ0) is 16.4. The predicted molar refractivity (Wildman–Crippen MR) is 87.9 cm³/mol. The van der Waals surface area contributed by atoms with Gasteiger partial charge in [0.1, 0.15) is 4.99 Å². The molecule has 0 aliphatic heterocycles. The van der Waals surface area contributed by atoms with Crippen molar-refractivity contribution >= 4 is 33.0 Å². The standard InChI is InChI=1S/C12H21N5O2S2/c1-7-8(2)15-16-11(9(7)10(13)20)14-6-12(3,4)17-21(5,18)19/h17H,6H2,1-5H3,(H2,13,20)(H,14,16). The number of nitrogens with two attached hydrogens (primary N) is 1. The molecular weight excluding hydrogens is 310 g/mol. The summed E-state index contributed by atoms with van der Waals surface area (Å²) in [6.07, 6.45) is 1.12. The number of sulfonamides is 1. The normalized spacial score (nSPS) is 12.2. The molecule has 1 aromatic heterocycles. The molecule has 1 aromatic rings. The van der Waals surface area contributed by atoms with Crippen molar-refractivity contribution in [2.75, 3.05) is 18.1 Å². The lowest BCUT2D eigenvalue weighted by molar-refractivity contribution is 0.475. The van der Waals surface area contributed by atoms with Gasteiger partial charge in [-0.2, -0.15) is 5.10 Å². The quantitative estimate of drug-likeness (QED) is 0.650. The Morgan fingerprint density at radius 1 is 1.33 bits per heavy atom. The molecule has 0 bridgehead atoms. The van der Waals surface area contributed by atoms with Crippen LogP contribution in [-0.2, 0) is 10.0 Å². The fourth-order valence-corrected chi connectivity index (χ4v) is 3.20. The van der Waals surface area contributed by atoms with Gasteiger partial charge in [0.25, 0.3) is 0 Å². The number of aryl methyl sites for hydroxylation is 1. The molecule has 4 N–H and O–H groups in total. The summed E-state index contributed by atoms with van der Waals surface area (Å²) in [7, 11) is -3.30. The van der Waals surface area contributed by atoms with E-state index in [0.717, 1.165) is 17.5 Å². The number of rotatable bonds is 6. The molecule has 0 radical (unpaired) electrons. The Morgan fingerprint density at radius 2 is 1.90 bits per heavy atom. The summed E-state index contributed by atoms with van der Waals surface area (Å²) in [5.74, 6) is 0.453. The van der Waals surface area contributed by atoms with Gasteiger partial charge in [-0.1, -0.05) is 12.2 Å². The van der Waals surface area contributed by atoms with Crippen molar-refractivity contribution in [3.05, 3.63) is 16.8 Å². The Labute approximate surface area is 130 Å². The number of nitrogens with zero attached hydrogens (tertiary/aromatic N) is 2. The zero-order valence-electron chi connectivity index (χ0n) is 12.8. The molecule has 0 unspecified atom stereocenters. The average molecular weight is 331 g/mol. The predicted octanol–water partition coefficient (Wildman–Crippen LogP) is 0.467. The molecule has 0 saturated carbocycles. The lowest BCUT2D eigenvalue weighted by Crippen LogP contribution is -2.48. The molecule has 7 nitrogen and oxygen atoms in total. The second-order valence-electron chi connectivity index (χ2n) is 5.61. The van der Waals surface area contributed by atoms with E-state index in [1.807, 2.05) is 13.8 Å². The maximum Gasteiger partial charge on any atom is 0.209 e. The summed E-state index contributed by atoms with van der Waals surface area (Å²) < 4.78 is 25.2. The Kier molecular flexibility index (Phi) is 5.24. The van der Waals surface area contributed by atoms with Crippen LogP contribution in [0.1, 0.15) is 30.7 Å². The van der Waals surface area contributed by atoms with Crippen LogP contribution in [0.15, 0.2) is 0 Å². The van der Waals surface area contributed by atoms with Crippen molar-refractivity contribution in [1.82, 2.24) is 14.9 Å². The van der Waals surface area contributed by atoms with Gasteiger partial charge in [0.2, 0.25) is 10.0 Å². The number of thiocarbonyl (C=S) groups is 1. The first-order chi connectivity index (χ1) is 9.43. The summed E-state index contributed by atoms with van der Waals surface area (Å²) in [5, 5.41) is 11.1. The molecular formula is C12H21N5O2S2. The van der Waals surface area contributed by atoms with Crippen molar-refractivity contribution in [2.45, 2.75) is 33.2 Å². The van der Waals surface area contributed by atoms with Gasteiger partial charge >= 0.3 is 0 Å². The van der Waals surface area contributed by atoms with Crippen LogP contribution in [-0.4, -0.2) is 41.9 Å². The lowest BCUT2D eigenvalue weighted by atomic mass is 10.1. The molecule has 0 atom stereocenters. The molecule has 0 fully saturated rings. The maximum absolute atomic E-state index is 11.3. The fourth-order valence-electron chi connectivity index (χ4n) is 1.88. The minimum Gasteiger partial charge on any atom is -0.389 e. The summed E-state index contributed by atoms with van der Waals surface area (Å²) in [6, 6.07) is 0. The third-order valence-electron chi connectivity index (χ3n) is 2.86. The first-order valence-corrected chi connectivity index (χ1v) is 8.59. The topological polar surface area (TPSA) is 110 Å². The monoisotopic (exact) mass is 331 g/mol. The van der Waals surface area contributed by atoms with E-state index in [0.29, 0.717) is 17.9 Å². The van der Waals surface area contributed by atoms with E-state index >= 15 is 0 Å². The molecule has 0 aliphatic carbocycles. The van der Waals surface area contributed by atoms with Crippen molar-refractivity contribution in [1.29, 1.82) is 0 Å². The zero-order valence-corrected chi connectivity index (χ0v) is 14.4. The van der Waals surface area contributed by atoms with Gasteiger partial charge in [-0.05, 0) is 33.3 Å². The van der Waals surface area contributed by atoms with Crippen LogP contribution in [0, 0.1) is 13.8 Å². The number of hydrogen-bond donors (Lipinski definition) is 3. The fraction of sp³-hybridized carbons (Fsp3) is 0.583. The van der Waals surface area contributed by atoms with Gasteiger partial charge in [0.05, 0.1) is 17.5 Å². The lowest BCUT2D eigenvalue weighted by Gasteiger charge is -2.26. The molecule has 1 heterocycles. The van der Waals surface area contributed by atoms with Crippen molar-refractivity contribution in [3.63, 3.8) is 0 Å². The molecule has 0 aromatic carbocycles. The number of nitrogens with one attached hydrogen (secondary N) is 2. The molecule has 0 spiro atoms. The molecule has 0 aliphatic rings. The first kappa shape index (κ1) is 17.7. The molecule has 21 heavy (non-hydrogen) atoms. The Balaban J connectivity index is 3.00. The maximum atomic E-state index is 11.3. The first-order valence-electron chi connectivity index (χ1n) is 6.29. The average Bonchev–Trinajstić information content (AvgIpc) is 2.27. The molecule has 0 amide bonds. The second kappa shape index (κ2) is 6.20. The van der Waals surface area contributed by atoms with Crippen molar-refractivity contribution in [3.8, 4) is 0 Å². The van der Waals surface area contributed by atoms with Crippen LogP contribution in [0.2, 0.25) is 0 Å². The smallest absolute Gasteiger partial charge is 0.209 e. The minimum atomic E-state index is -3.30. The van der Waals surface area contributed by atoms with Crippen LogP contribution in [0.5, 0.6) is 0 Å². The SMILES string of the molecule is Cc1nnc(NCC(C)(C)NS(C)(=O)=O)c(C(N)=S)c1C. The largest absolute Gasteiger partial charge is 0.389 e. The molecule has 9 heteroatoms. The Hall–Kier alpha value is -1.32. The van der Waals surface area contributed by atoms with E-state index < -0.39 is 15.6 Å². The van der Waals surface area contributed by atoms with E-state index in [2.05, 4.69) is 20.2 Å². The van der Waals surface area contributed by atoms with Gasteiger partial charge in [-0.15, -0.1) is 5.10 Å². The Morgan fingerprint density at radius 3 is 2.38 bits per heavy atom. The van der Waals surface area contributed by atoms with E-state index in [4.69, 9.17) is 18.0 Å². The highest BCUT2D eigenvalue weighted by Gasteiger charge is 2.23. The highest BCUT2D eigenvalue weighted by atomic mass is 32.2. The van der Waals surface area contributed by atoms with Crippen LogP contribution < -0.4 is 15.8 Å². The van der Waals surface area contributed by atoms with Crippen LogP contribution >= 0.6 is 12.2 Å². The third-order valence-corrected chi connectivity index (χ3v) is 3.99. The highest BCUT2D eigenvalue weighted by Crippen LogP contribution is 2.19. The summed E-state index contributed by atoms with van der Waals surface area (Å²) in [5.41, 5.74) is 7.28.